The number of carbonyl (C=O) groups excluding carboxylic acids is 2. The van der Waals surface area contributed by atoms with Crippen LogP contribution in [0.2, 0.25) is 0 Å². The molecule has 1 atom stereocenters. The van der Waals surface area contributed by atoms with Gasteiger partial charge >= 0.3 is 11.9 Å². The summed E-state index contributed by atoms with van der Waals surface area (Å²) in [6, 6.07) is 5.71. The van der Waals surface area contributed by atoms with Gasteiger partial charge in [0.05, 0.1) is 42.0 Å². The van der Waals surface area contributed by atoms with Crippen molar-refractivity contribution in [2.45, 2.75) is 19.8 Å². The Balaban J connectivity index is 2.55. The van der Waals surface area contributed by atoms with Crippen molar-refractivity contribution in [1.82, 2.24) is 10.0 Å². The van der Waals surface area contributed by atoms with Gasteiger partial charge in [0.25, 0.3) is 5.69 Å². The lowest BCUT2D eigenvalue weighted by molar-refractivity contribution is -0.384. The maximum Gasteiger partial charge on any atom is 0.336 e. The van der Waals surface area contributed by atoms with Crippen molar-refractivity contribution in [2.75, 3.05) is 38.0 Å². The summed E-state index contributed by atoms with van der Waals surface area (Å²) in [7, 11) is -2.12. The van der Waals surface area contributed by atoms with E-state index in [1.807, 2.05) is 0 Å². The van der Waals surface area contributed by atoms with E-state index in [0.29, 0.717) is 22.7 Å². The van der Waals surface area contributed by atoms with Crippen LogP contribution in [-0.2, 0) is 29.1 Å². The average molecular weight is 514 g/mol. The van der Waals surface area contributed by atoms with Crippen molar-refractivity contribution in [3.8, 4) is 0 Å². The quantitative estimate of drug-likeness (QED) is 0.194. The van der Waals surface area contributed by atoms with Gasteiger partial charge in [0.15, 0.2) is 0 Å². The van der Waals surface area contributed by atoms with E-state index >= 15 is 0 Å². The molecule has 1 aliphatic heterocycles. The molecule has 186 valence electrons. The van der Waals surface area contributed by atoms with Gasteiger partial charge in [-0.25, -0.2) is 22.7 Å². The number of thioether (sulfide) groups is 1. The smallest absolute Gasteiger partial charge is 0.336 e. The first kappa shape index (κ1) is 27.3. The largest absolute Gasteiger partial charge is 0.466 e. The number of nitro groups is 1. The fourth-order valence-corrected chi connectivity index (χ4v) is 4.89. The number of nitrogens with one attached hydrogen (secondary N) is 2. The highest BCUT2D eigenvalue weighted by molar-refractivity contribution is 7.99. The molecule has 11 nitrogen and oxygen atoms in total. The predicted molar refractivity (Wildman–Crippen MR) is 128 cm³/mol. The Morgan fingerprint density at radius 3 is 2.56 bits per heavy atom. The van der Waals surface area contributed by atoms with Gasteiger partial charge in [0.2, 0.25) is 10.0 Å². The molecule has 1 aromatic carbocycles. The Morgan fingerprint density at radius 1 is 1.26 bits per heavy atom. The van der Waals surface area contributed by atoms with E-state index in [0.717, 1.165) is 6.26 Å². The Morgan fingerprint density at radius 2 is 1.97 bits per heavy atom. The molecule has 1 heterocycles. The van der Waals surface area contributed by atoms with Gasteiger partial charge in [0, 0.05) is 41.6 Å². The Hall–Kier alpha value is -2.90. The number of nitrogens with zero attached hydrogens (tertiary/aromatic N) is 1. The fourth-order valence-electron chi connectivity index (χ4n) is 3.47. The molecule has 0 aromatic heterocycles. The number of allylic oxidation sites excluding steroid dienone is 1. The van der Waals surface area contributed by atoms with Gasteiger partial charge < -0.3 is 14.8 Å². The van der Waals surface area contributed by atoms with Gasteiger partial charge in [-0.1, -0.05) is 12.1 Å². The van der Waals surface area contributed by atoms with E-state index in [1.165, 1.54) is 37.1 Å². The molecule has 2 N–H and O–H groups in total. The van der Waals surface area contributed by atoms with Crippen molar-refractivity contribution in [2.24, 2.45) is 0 Å². The molecule has 1 aromatic rings. The molecule has 2 rings (SSSR count). The second-order valence-corrected chi connectivity index (χ2v) is 10.2. The number of esters is 2. The first-order chi connectivity index (χ1) is 16.0. The lowest BCUT2D eigenvalue weighted by Crippen LogP contribution is -2.34. The molecule has 0 saturated heterocycles. The minimum absolute atomic E-state index is 0.0823. The van der Waals surface area contributed by atoms with Crippen molar-refractivity contribution >= 4 is 39.4 Å². The van der Waals surface area contributed by atoms with Crippen LogP contribution in [0.3, 0.4) is 0 Å². The van der Waals surface area contributed by atoms with Crippen LogP contribution in [0.1, 0.15) is 25.3 Å². The van der Waals surface area contributed by atoms with Crippen molar-refractivity contribution in [3.05, 3.63) is 62.5 Å². The van der Waals surface area contributed by atoms with Gasteiger partial charge in [-0.15, -0.1) is 0 Å². The third-order valence-electron chi connectivity index (χ3n) is 4.82. The van der Waals surface area contributed by atoms with Crippen LogP contribution < -0.4 is 10.0 Å². The van der Waals surface area contributed by atoms with Crippen LogP contribution in [0.25, 0.3) is 0 Å². The summed E-state index contributed by atoms with van der Waals surface area (Å²) in [6.07, 6.45) is 1.06. The van der Waals surface area contributed by atoms with Gasteiger partial charge in [-0.05, 0) is 19.4 Å². The van der Waals surface area contributed by atoms with Gasteiger partial charge in [-0.2, -0.15) is 11.8 Å². The van der Waals surface area contributed by atoms with Crippen LogP contribution in [0.15, 0.2) is 46.8 Å². The number of benzene rings is 1. The number of hydrogen-bond acceptors (Lipinski definition) is 10. The van der Waals surface area contributed by atoms with E-state index in [9.17, 15) is 28.1 Å². The molecule has 0 spiro atoms. The Labute approximate surface area is 202 Å². The number of dihydropyridines is 1. The first-order valence-corrected chi connectivity index (χ1v) is 13.3. The first-order valence-electron chi connectivity index (χ1n) is 10.2. The summed E-state index contributed by atoms with van der Waals surface area (Å²) in [5.74, 6) is -1.63. The fraction of sp³-hybridized carbons (Fsp3) is 0.429. The summed E-state index contributed by atoms with van der Waals surface area (Å²) in [4.78, 5) is 36.6. The van der Waals surface area contributed by atoms with E-state index in [-0.39, 0.29) is 35.7 Å². The van der Waals surface area contributed by atoms with Crippen LogP contribution in [0.5, 0.6) is 0 Å². The van der Waals surface area contributed by atoms with Gasteiger partial charge in [-0.3, -0.25) is 10.1 Å². The molecule has 0 bridgehead atoms. The predicted octanol–water partition coefficient (Wildman–Crippen LogP) is 1.83. The highest BCUT2D eigenvalue weighted by atomic mass is 32.2. The standard InChI is InChI=1S/C21H27N3O8S2/c1-5-32-21(26)19-16(12-33-10-9-22-34(4,29)30)23-13(2)17(20(25)31-3)18(19)14-7-6-8-15(11-14)24(27)28/h6-8,11,18,22-23H,5,9-10,12H2,1-4H3. The van der Waals surface area contributed by atoms with E-state index in [4.69, 9.17) is 9.47 Å². The normalized spacial score (nSPS) is 16.2. The van der Waals surface area contributed by atoms with Crippen LogP contribution in [0.4, 0.5) is 5.69 Å². The van der Waals surface area contributed by atoms with Crippen LogP contribution in [0, 0.1) is 10.1 Å². The number of nitro benzene ring substituents is 1. The highest BCUT2D eigenvalue weighted by Crippen LogP contribution is 2.40. The highest BCUT2D eigenvalue weighted by Gasteiger charge is 2.39. The molecule has 0 aliphatic carbocycles. The number of rotatable bonds is 11. The second-order valence-electron chi connectivity index (χ2n) is 7.27. The minimum atomic E-state index is -3.32. The lowest BCUT2D eigenvalue weighted by Gasteiger charge is -2.31. The zero-order chi connectivity index (χ0) is 25.5. The molecule has 0 fully saturated rings. The van der Waals surface area contributed by atoms with Crippen LogP contribution >= 0.6 is 11.8 Å². The number of hydrogen-bond donors (Lipinski definition) is 2. The Kier molecular flexibility index (Phi) is 9.65. The number of carbonyl (C=O) groups is 2. The van der Waals surface area contributed by atoms with Crippen LogP contribution in [-0.4, -0.2) is 63.3 Å². The molecular weight excluding hydrogens is 486 g/mol. The summed E-state index contributed by atoms with van der Waals surface area (Å²) in [5.41, 5.74) is 1.34. The van der Waals surface area contributed by atoms with E-state index in [2.05, 4.69) is 10.0 Å². The van der Waals surface area contributed by atoms with Crippen molar-refractivity contribution in [3.63, 3.8) is 0 Å². The second kappa shape index (κ2) is 12.0. The lowest BCUT2D eigenvalue weighted by atomic mass is 9.80. The molecule has 0 radical (unpaired) electrons. The minimum Gasteiger partial charge on any atom is -0.466 e. The topological polar surface area (TPSA) is 154 Å². The SMILES string of the molecule is CCOC(=O)C1=C(CSCCNS(C)(=O)=O)NC(C)=C(C(=O)OC)C1c1cccc([N+](=O)[O-])c1. The average Bonchev–Trinajstić information content (AvgIpc) is 2.77. The molecule has 1 unspecified atom stereocenters. The molecule has 0 amide bonds. The monoisotopic (exact) mass is 513 g/mol. The van der Waals surface area contributed by atoms with Crippen molar-refractivity contribution in [1.29, 1.82) is 0 Å². The number of non-ortho nitro benzene ring substituents is 1. The molecule has 1 aliphatic rings. The summed E-state index contributed by atoms with van der Waals surface area (Å²) >= 11 is 1.36. The maximum absolute atomic E-state index is 13.1. The van der Waals surface area contributed by atoms with Crippen molar-refractivity contribution < 1.29 is 32.4 Å². The van der Waals surface area contributed by atoms with E-state index in [1.54, 1.807) is 19.9 Å². The molecular formula is C21H27N3O8S2. The third kappa shape index (κ3) is 7.05. The number of methoxy groups -OCH3 is 1. The zero-order valence-electron chi connectivity index (χ0n) is 19.2. The van der Waals surface area contributed by atoms with E-state index < -0.39 is 32.8 Å². The third-order valence-corrected chi connectivity index (χ3v) is 6.53. The summed E-state index contributed by atoms with van der Waals surface area (Å²) in [5, 5.41) is 14.4. The Bertz CT molecular complexity index is 1130. The molecule has 0 saturated carbocycles. The summed E-state index contributed by atoms with van der Waals surface area (Å²) < 4.78 is 35.1. The maximum atomic E-state index is 13.1. The summed E-state index contributed by atoms with van der Waals surface area (Å²) in [6.45, 7) is 3.57. The zero-order valence-corrected chi connectivity index (χ0v) is 20.9. The number of ether oxygens (including phenoxy) is 2. The number of sulfonamides is 1. The van der Waals surface area contributed by atoms with Gasteiger partial charge in [0.1, 0.15) is 0 Å². The molecule has 34 heavy (non-hydrogen) atoms. The molecule has 13 heteroatoms.